The Morgan fingerprint density at radius 2 is 1.92 bits per heavy atom. The summed E-state index contributed by atoms with van der Waals surface area (Å²) in [5.74, 6) is -1.96. The number of Topliss-reactive ketones (excluding diaryl/α,β-unsaturated/α-hetero) is 1. The van der Waals surface area contributed by atoms with Gasteiger partial charge in [0.05, 0.1) is 11.3 Å². The van der Waals surface area contributed by atoms with E-state index in [1.807, 2.05) is 13.8 Å². The second kappa shape index (κ2) is 9.99. The third-order valence-electron chi connectivity index (χ3n) is 6.66. The molecule has 2 aliphatic heterocycles. The van der Waals surface area contributed by atoms with E-state index in [4.69, 9.17) is 9.47 Å². The number of nitrogens with zero attached hydrogens (tertiary/aromatic N) is 2. The highest BCUT2D eigenvalue weighted by Gasteiger charge is 2.66. The van der Waals surface area contributed by atoms with E-state index in [1.54, 1.807) is 60.6 Å². The largest absolute Gasteiger partial charge is 0.507 e. The van der Waals surface area contributed by atoms with E-state index in [-0.39, 0.29) is 12.1 Å². The number of likely N-dealkylation sites (N-methyl/N-ethyl adjacent to an activating group) is 1. The summed E-state index contributed by atoms with van der Waals surface area (Å²) in [6, 6.07) is 12.0. The van der Waals surface area contributed by atoms with Gasteiger partial charge < -0.3 is 24.4 Å². The Hall–Kier alpha value is -3.91. The van der Waals surface area contributed by atoms with Crippen LogP contribution in [0.4, 0.5) is 5.69 Å². The Kier molecular flexibility index (Phi) is 6.99. The summed E-state index contributed by atoms with van der Waals surface area (Å²) in [6.45, 7) is 8.40. The van der Waals surface area contributed by atoms with Crippen molar-refractivity contribution in [1.82, 2.24) is 4.90 Å². The van der Waals surface area contributed by atoms with Gasteiger partial charge in [0.2, 0.25) is 0 Å². The molecule has 0 bridgehead atoms. The van der Waals surface area contributed by atoms with Crippen molar-refractivity contribution >= 4 is 29.0 Å². The zero-order valence-corrected chi connectivity index (χ0v) is 20.7. The van der Waals surface area contributed by atoms with Crippen LogP contribution in [0.5, 0.6) is 5.75 Å². The molecule has 2 amide bonds. The molecule has 2 aromatic carbocycles. The topological polar surface area (TPSA) is 96.4 Å². The maximum atomic E-state index is 14.1. The molecule has 1 saturated heterocycles. The normalized spacial score (nSPS) is 20.4. The maximum Gasteiger partial charge on any atom is 0.296 e. The highest BCUT2D eigenvalue weighted by atomic mass is 16.5. The van der Waals surface area contributed by atoms with Crippen molar-refractivity contribution in [2.75, 3.05) is 38.3 Å². The number of para-hydroxylation sites is 1. The van der Waals surface area contributed by atoms with Crippen molar-refractivity contribution in [2.45, 2.75) is 25.8 Å². The summed E-state index contributed by atoms with van der Waals surface area (Å²) in [7, 11) is 1.55. The molecule has 0 aliphatic carbocycles. The number of rotatable bonds is 9. The number of ketones is 1. The number of carbonyl (C=O) groups excluding carboxylic acids is 3. The Labute approximate surface area is 210 Å². The number of hydrogen-bond acceptors (Lipinski definition) is 6. The fourth-order valence-electron chi connectivity index (χ4n) is 5.10. The van der Waals surface area contributed by atoms with Crippen LogP contribution in [0.2, 0.25) is 0 Å². The highest BCUT2D eigenvalue weighted by molar-refractivity contribution is 6.50. The van der Waals surface area contributed by atoms with Gasteiger partial charge in [0.15, 0.2) is 5.54 Å². The van der Waals surface area contributed by atoms with Crippen LogP contribution in [0.1, 0.15) is 30.0 Å². The number of likely N-dealkylation sites (tertiary alicyclic amines) is 1. The van der Waals surface area contributed by atoms with Crippen LogP contribution >= 0.6 is 0 Å². The van der Waals surface area contributed by atoms with Gasteiger partial charge in [-0.2, -0.15) is 0 Å². The van der Waals surface area contributed by atoms with Crippen molar-refractivity contribution in [2.24, 2.45) is 0 Å². The maximum absolute atomic E-state index is 14.1. The molecule has 0 radical (unpaired) electrons. The fourth-order valence-corrected chi connectivity index (χ4v) is 5.10. The predicted molar refractivity (Wildman–Crippen MR) is 136 cm³/mol. The second-order valence-corrected chi connectivity index (χ2v) is 8.71. The molecule has 1 N–H and O–H groups in total. The van der Waals surface area contributed by atoms with Crippen LogP contribution in [-0.2, 0) is 24.7 Å². The molecule has 4 rings (SSSR count). The van der Waals surface area contributed by atoms with Crippen molar-refractivity contribution in [3.8, 4) is 5.75 Å². The number of benzene rings is 2. The van der Waals surface area contributed by atoms with Gasteiger partial charge in [-0.25, -0.2) is 0 Å². The molecule has 2 aliphatic rings. The number of aliphatic hydroxyl groups is 1. The van der Waals surface area contributed by atoms with E-state index < -0.39 is 28.9 Å². The molecular formula is C28H30N2O6. The minimum atomic E-state index is -1.76. The molecule has 1 atom stereocenters. The van der Waals surface area contributed by atoms with Crippen molar-refractivity contribution in [3.63, 3.8) is 0 Å². The minimum absolute atomic E-state index is 0.111. The first kappa shape index (κ1) is 25.2. The van der Waals surface area contributed by atoms with Gasteiger partial charge in [-0.3, -0.25) is 14.4 Å². The lowest BCUT2D eigenvalue weighted by atomic mass is 9.81. The molecule has 2 heterocycles. The molecule has 188 valence electrons. The molecule has 8 heteroatoms. The quantitative estimate of drug-likeness (QED) is 0.190. The second-order valence-electron chi connectivity index (χ2n) is 8.71. The van der Waals surface area contributed by atoms with Crippen molar-refractivity contribution in [3.05, 3.63) is 77.4 Å². The van der Waals surface area contributed by atoms with Crippen LogP contribution in [0, 0.1) is 6.92 Å². The average Bonchev–Trinajstić information content (AvgIpc) is 3.26. The number of ether oxygens (including phenoxy) is 2. The zero-order valence-electron chi connectivity index (χ0n) is 20.7. The van der Waals surface area contributed by atoms with Crippen LogP contribution in [-0.4, -0.2) is 61.0 Å². The van der Waals surface area contributed by atoms with Crippen LogP contribution in [0.15, 0.2) is 60.7 Å². The summed E-state index contributed by atoms with van der Waals surface area (Å²) in [5.41, 5.74) is 0.157. The van der Waals surface area contributed by atoms with E-state index in [2.05, 4.69) is 6.58 Å². The molecule has 0 unspecified atom stereocenters. The summed E-state index contributed by atoms with van der Waals surface area (Å²) in [4.78, 5) is 43.9. The summed E-state index contributed by atoms with van der Waals surface area (Å²) >= 11 is 0. The minimum Gasteiger partial charge on any atom is -0.507 e. The summed E-state index contributed by atoms with van der Waals surface area (Å²) in [6.07, 6.45) is 2.04. The third-order valence-corrected chi connectivity index (χ3v) is 6.66. The fraction of sp³-hybridized carbons (Fsp3) is 0.321. The molecule has 1 spiro atoms. The van der Waals surface area contributed by atoms with E-state index in [1.165, 1.54) is 4.90 Å². The van der Waals surface area contributed by atoms with Crippen LogP contribution < -0.4 is 9.64 Å². The lowest BCUT2D eigenvalue weighted by Crippen LogP contribution is -2.52. The molecule has 0 saturated carbocycles. The van der Waals surface area contributed by atoms with Gasteiger partial charge in [0.25, 0.3) is 17.6 Å². The average molecular weight is 491 g/mol. The van der Waals surface area contributed by atoms with Gasteiger partial charge in [-0.15, -0.1) is 0 Å². The van der Waals surface area contributed by atoms with Gasteiger partial charge >= 0.3 is 0 Å². The lowest BCUT2D eigenvalue weighted by Gasteiger charge is -2.34. The van der Waals surface area contributed by atoms with Gasteiger partial charge in [-0.05, 0) is 50.1 Å². The number of carbonyl (C=O) groups is 3. The van der Waals surface area contributed by atoms with E-state index in [0.29, 0.717) is 48.7 Å². The van der Waals surface area contributed by atoms with Gasteiger partial charge in [0, 0.05) is 37.9 Å². The van der Waals surface area contributed by atoms with E-state index >= 15 is 0 Å². The van der Waals surface area contributed by atoms with Crippen molar-refractivity contribution in [1.29, 1.82) is 0 Å². The number of anilines is 1. The Morgan fingerprint density at radius 1 is 1.17 bits per heavy atom. The molecule has 8 nitrogen and oxygen atoms in total. The van der Waals surface area contributed by atoms with E-state index in [0.717, 1.165) is 5.56 Å². The SMILES string of the molecule is C=CCOc1ccc(C(O)=C2C(=O)C(=O)N(CCCOC)[C@]23C(=O)N(CC)c2ccccc23)cc1C. The monoisotopic (exact) mass is 490 g/mol. The first-order valence-electron chi connectivity index (χ1n) is 11.9. The summed E-state index contributed by atoms with van der Waals surface area (Å²) in [5, 5.41) is 11.5. The predicted octanol–water partition coefficient (Wildman–Crippen LogP) is 3.54. The highest BCUT2D eigenvalue weighted by Crippen LogP contribution is 2.53. The molecule has 0 aromatic heterocycles. The van der Waals surface area contributed by atoms with Crippen LogP contribution in [0.3, 0.4) is 0 Å². The smallest absolute Gasteiger partial charge is 0.296 e. The zero-order chi connectivity index (χ0) is 26.0. The Balaban J connectivity index is 1.96. The summed E-state index contributed by atoms with van der Waals surface area (Å²) < 4.78 is 10.8. The van der Waals surface area contributed by atoms with Crippen molar-refractivity contribution < 1.29 is 29.0 Å². The molecule has 36 heavy (non-hydrogen) atoms. The Morgan fingerprint density at radius 3 is 2.58 bits per heavy atom. The standard InChI is InChI=1S/C28H30N2O6/c1-5-15-36-22-13-12-19(17-18(22)3)24(31)23-25(32)26(33)30(14-9-16-35-4)28(23)20-10-7-8-11-21(20)29(6-2)27(28)34/h5,7-8,10-13,17,31H,1,6,9,14-16H2,2-4H3/t28-/m0/s1. The number of aliphatic hydroxyl groups excluding tert-OH is 1. The van der Waals surface area contributed by atoms with Gasteiger partial charge in [0.1, 0.15) is 18.1 Å². The number of amides is 2. The van der Waals surface area contributed by atoms with Gasteiger partial charge in [-0.1, -0.05) is 30.9 Å². The first-order chi connectivity index (χ1) is 17.3. The number of methoxy groups -OCH3 is 1. The third kappa shape index (κ3) is 3.69. The van der Waals surface area contributed by atoms with Crippen LogP contribution in [0.25, 0.3) is 5.76 Å². The molecule has 2 aromatic rings. The lowest BCUT2D eigenvalue weighted by molar-refractivity contribution is -0.143. The molecule has 1 fully saturated rings. The first-order valence-corrected chi connectivity index (χ1v) is 11.9. The number of aryl methyl sites for hydroxylation is 1. The Bertz CT molecular complexity index is 1270. The number of hydrogen-bond donors (Lipinski definition) is 1. The van der Waals surface area contributed by atoms with E-state index in [9.17, 15) is 19.5 Å². The molecular weight excluding hydrogens is 460 g/mol. The number of fused-ring (bicyclic) bond motifs is 2.